The Morgan fingerprint density at radius 1 is 1.03 bits per heavy atom. The fourth-order valence-corrected chi connectivity index (χ4v) is 4.52. The maximum atomic E-state index is 13.5. The number of benzene rings is 2. The van der Waals surface area contributed by atoms with Crippen LogP contribution in [-0.2, 0) is 4.79 Å². The molecule has 1 fully saturated rings. The van der Waals surface area contributed by atoms with Crippen molar-refractivity contribution in [1.82, 2.24) is 0 Å². The van der Waals surface area contributed by atoms with Crippen LogP contribution in [0.2, 0.25) is 0 Å². The summed E-state index contributed by atoms with van der Waals surface area (Å²) in [7, 11) is 0. The molecule has 1 saturated carbocycles. The van der Waals surface area contributed by atoms with E-state index in [0.29, 0.717) is 33.5 Å². The maximum absolute atomic E-state index is 13.5. The summed E-state index contributed by atoms with van der Waals surface area (Å²) in [5.41, 5.74) is 1.39. The van der Waals surface area contributed by atoms with E-state index in [1.807, 2.05) is 13.8 Å². The van der Waals surface area contributed by atoms with E-state index in [2.05, 4.69) is 6.92 Å². The summed E-state index contributed by atoms with van der Waals surface area (Å²) < 4.78 is 5.80. The SMILES string of the molecule is CC1CCC(C(=O)N(c2cc3c(cc2C(=O)O)oc2ccc(O)cc23)C(C)C)CC1. The van der Waals surface area contributed by atoms with E-state index in [9.17, 15) is 19.8 Å². The van der Waals surface area contributed by atoms with Crippen LogP contribution in [0, 0.1) is 11.8 Å². The van der Waals surface area contributed by atoms with E-state index in [4.69, 9.17) is 4.42 Å². The van der Waals surface area contributed by atoms with Crippen LogP contribution in [0.15, 0.2) is 34.7 Å². The minimum atomic E-state index is -1.11. The smallest absolute Gasteiger partial charge is 0.337 e. The third-order valence-corrected chi connectivity index (χ3v) is 6.18. The number of rotatable bonds is 4. The lowest BCUT2D eigenvalue weighted by Crippen LogP contribution is -2.42. The van der Waals surface area contributed by atoms with Crippen molar-refractivity contribution in [1.29, 1.82) is 0 Å². The van der Waals surface area contributed by atoms with Gasteiger partial charge in [0.2, 0.25) is 5.91 Å². The highest BCUT2D eigenvalue weighted by molar-refractivity contribution is 6.12. The van der Waals surface area contributed by atoms with Crippen LogP contribution in [0.5, 0.6) is 5.75 Å². The van der Waals surface area contributed by atoms with Gasteiger partial charge < -0.3 is 19.5 Å². The third kappa shape index (κ3) is 3.51. The summed E-state index contributed by atoms with van der Waals surface area (Å²) >= 11 is 0. The summed E-state index contributed by atoms with van der Waals surface area (Å²) in [4.78, 5) is 27.2. The molecule has 158 valence electrons. The molecule has 1 aliphatic rings. The van der Waals surface area contributed by atoms with E-state index in [0.717, 1.165) is 25.7 Å². The molecule has 2 aromatic carbocycles. The number of phenolic OH excluding ortho intramolecular Hbond substituents is 1. The number of amides is 1. The van der Waals surface area contributed by atoms with Crippen LogP contribution >= 0.6 is 0 Å². The van der Waals surface area contributed by atoms with Gasteiger partial charge in [-0.3, -0.25) is 4.79 Å². The van der Waals surface area contributed by atoms with Gasteiger partial charge in [0.05, 0.1) is 11.3 Å². The molecule has 0 atom stereocenters. The fraction of sp³-hybridized carbons (Fsp3) is 0.417. The first-order chi connectivity index (χ1) is 14.3. The number of fused-ring (bicyclic) bond motifs is 3. The molecule has 30 heavy (non-hydrogen) atoms. The molecule has 2 N–H and O–H groups in total. The first-order valence-corrected chi connectivity index (χ1v) is 10.5. The second-order valence-electron chi connectivity index (χ2n) is 8.71. The molecule has 1 aromatic heterocycles. The number of hydrogen-bond donors (Lipinski definition) is 2. The highest BCUT2D eigenvalue weighted by Crippen LogP contribution is 2.38. The van der Waals surface area contributed by atoms with Crippen LogP contribution in [0.4, 0.5) is 5.69 Å². The molecule has 3 aromatic rings. The van der Waals surface area contributed by atoms with E-state index in [-0.39, 0.29) is 29.2 Å². The van der Waals surface area contributed by atoms with Crippen molar-refractivity contribution in [3.8, 4) is 5.75 Å². The second-order valence-corrected chi connectivity index (χ2v) is 8.71. The lowest BCUT2D eigenvalue weighted by atomic mass is 9.82. The van der Waals surface area contributed by atoms with E-state index in [1.54, 1.807) is 23.1 Å². The predicted molar refractivity (Wildman–Crippen MR) is 116 cm³/mol. The lowest BCUT2D eigenvalue weighted by molar-refractivity contribution is -0.123. The summed E-state index contributed by atoms with van der Waals surface area (Å²) in [5, 5.41) is 21.1. The largest absolute Gasteiger partial charge is 0.508 e. The number of aromatic hydroxyl groups is 1. The van der Waals surface area contributed by atoms with Crippen molar-refractivity contribution < 1.29 is 24.2 Å². The Morgan fingerprint density at radius 2 is 1.70 bits per heavy atom. The molecule has 4 rings (SSSR count). The molecule has 6 nitrogen and oxygen atoms in total. The topological polar surface area (TPSA) is 91.0 Å². The van der Waals surface area contributed by atoms with Gasteiger partial charge in [0.15, 0.2) is 0 Å². The number of carbonyl (C=O) groups excluding carboxylic acids is 1. The number of phenols is 1. The maximum Gasteiger partial charge on any atom is 0.337 e. The molecule has 0 unspecified atom stereocenters. The van der Waals surface area contributed by atoms with Gasteiger partial charge in [-0.2, -0.15) is 0 Å². The van der Waals surface area contributed by atoms with Gasteiger partial charge in [0, 0.05) is 22.7 Å². The van der Waals surface area contributed by atoms with Gasteiger partial charge in [0.25, 0.3) is 0 Å². The van der Waals surface area contributed by atoms with E-state index in [1.165, 1.54) is 12.1 Å². The average molecular weight is 409 g/mol. The lowest BCUT2D eigenvalue weighted by Gasteiger charge is -2.34. The van der Waals surface area contributed by atoms with Crippen molar-refractivity contribution in [2.24, 2.45) is 11.8 Å². The zero-order valence-electron chi connectivity index (χ0n) is 17.5. The number of anilines is 1. The van der Waals surface area contributed by atoms with Gasteiger partial charge in [-0.15, -0.1) is 0 Å². The Labute approximate surface area is 175 Å². The zero-order chi connectivity index (χ0) is 21.6. The van der Waals surface area contributed by atoms with Crippen LogP contribution < -0.4 is 4.90 Å². The number of carboxylic acids is 1. The van der Waals surface area contributed by atoms with Crippen LogP contribution in [0.3, 0.4) is 0 Å². The van der Waals surface area contributed by atoms with Crippen LogP contribution in [-0.4, -0.2) is 28.1 Å². The number of aromatic carboxylic acids is 1. The summed E-state index contributed by atoms with van der Waals surface area (Å²) in [5.74, 6) is -0.494. The van der Waals surface area contributed by atoms with Gasteiger partial charge in [-0.25, -0.2) is 4.79 Å². The Balaban J connectivity index is 1.87. The highest BCUT2D eigenvalue weighted by atomic mass is 16.4. The number of hydrogen-bond acceptors (Lipinski definition) is 4. The summed E-state index contributed by atoms with van der Waals surface area (Å²) in [6.45, 7) is 6.01. The van der Waals surface area contributed by atoms with Crippen LogP contribution in [0.1, 0.15) is 56.8 Å². The zero-order valence-corrected chi connectivity index (χ0v) is 17.5. The number of carbonyl (C=O) groups is 2. The molecule has 0 radical (unpaired) electrons. The summed E-state index contributed by atoms with van der Waals surface area (Å²) in [6, 6.07) is 7.77. The molecule has 1 aliphatic carbocycles. The van der Waals surface area contributed by atoms with Gasteiger partial charge in [-0.05, 0) is 75.8 Å². The Hall–Kier alpha value is -3.02. The second kappa shape index (κ2) is 7.67. The van der Waals surface area contributed by atoms with Gasteiger partial charge in [-0.1, -0.05) is 6.92 Å². The molecular formula is C24H27NO5. The molecule has 1 heterocycles. The van der Waals surface area contributed by atoms with Crippen molar-refractivity contribution in [2.45, 2.75) is 52.5 Å². The monoisotopic (exact) mass is 409 g/mol. The van der Waals surface area contributed by atoms with Gasteiger partial charge in [0.1, 0.15) is 16.9 Å². The third-order valence-electron chi connectivity index (χ3n) is 6.18. The Bertz CT molecular complexity index is 1120. The molecule has 0 spiro atoms. The van der Waals surface area contributed by atoms with Gasteiger partial charge >= 0.3 is 5.97 Å². The predicted octanol–water partition coefficient (Wildman–Crippen LogP) is 5.56. The molecule has 0 aliphatic heterocycles. The summed E-state index contributed by atoms with van der Waals surface area (Å²) in [6.07, 6.45) is 3.68. The number of carboxylic acid groups (broad SMARTS) is 1. The van der Waals surface area contributed by atoms with Crippen molar-refractivity contribution in [2.75, 3.05) is 4.90 Å². The Morgan fingerprint density at radius 3 is 2.33 bits per heavy atom. The molecule has 1 amide bonds. The number of furan rings is 1. The molecule has 0 bridgehead atoms. The normalized spacial score (nSPS) is 19.5. The standard InChI is InChI=1S/C24H27NO5/c1-13(2)25(23(27)15-6-4-14(3)5-7-15)20-11-18-17-10-16(26)8-9-21(17)30-22(18)12-19(20)24(28)29/h8-15,26H,4-7H2,1-3H3,(H,28,29). The van der Waals surface area contributed by atoms with Crippen molar-refractivity contribution >= 4 is 39.5 Å². The fourth-order valence-electron chi connectivity index (χ4n) is 4.52. The first kappa shape index (κ1) is 20.3. The molecule has 0 saturated heterocycles. The first-order valence-electron chi connectivity index (χ1n) is 10.5. The molecular weight excluding hydrogens is 382 g/mol. The minimum Gasteiger partial charge on any atom is -0.508 e. The highest BCUT2D eigenvalue weighted by Gasteiger charge is 2.32. The van der Waals surface area contributed by atoms with Crippen molar-refractivity contribution in [3.63, 3.8) is 0 Å². The Kier molecular flexibility index (Phi) is 5.18. The van der Waals surface area contributed by atoms with E-state index < -0.39 is 5.97 Å². The van der Waals surface area contributed by atoms with Crippen LogP contribution in [0.25, 0.3) is 21.9 Å². The van der Waals surface area contributed by atoms with E-state index >= 15 is 0 Å². The quantitative estimate of drug-likeness (QED) is 0.589. The van der Waals surface area contributed by atoms with Crippen molar-refractivity contribution in [3.05, 3.63) is 35.9 Å². The average Bonchev–Trinajstić information content (AvgIpc) is 3.04. The number of nitrogens with zero attached hydrogens (tertiary/aromatic N) is 1. The minimum absolute atomic E-state index is 0.0191. The molecule has 6 heteroatoms.